The van der Waals surface area contributed by atoms with Gasteiger partial charge in [-0.2, -0.15) is 0 Å². The van der Waals surface area contributed by atoms with E-state index >= 15 is 0 Å². The van der Waals surface area contributed by atoms with Crippen LogP contribution in [0.3, 0.4) is 0 Å². The van der Waals surface area contributed by atoms with E-state index in [1.165, 1.54) is 49.1 Å². The number of hydrogen-bond acceptors (Lipinski definition) is 8. The summed E-state index contributed by atoms with van der Waals surface area (Å²) in [6.07, 6.45) is 1.91. The number of carbonyl (C=O) groups excluding carboxylic acids is 3. The molecular formula is C26H28N4O7S. The second-order valence-corrected chi connectivity index (χ2v) is 9.68. The van der Waals surface area contributed by atoms with E-state index in [0.717, 1.165) is 19.0 Å². The molecule has 11 nitrogen and oxygen atoms in total. The van der Waals surface area contributed by atoms with Gasteiger partial charge in [0.2, 0.25) is 5.88 Å². The molecule has 0 spiro atoms. The molecule has 3 N–H and O–H groups in total. The second-order valence-electron chi connectivity index (χ2n) is 8.00. The molecule has 0 fully saturated rings. The first-order valence-electron chi connectivity index (χ1n) is 11.7. The van der Waals surface area contributed by atoms with Gasteiger partial charge in [0.05, 0.1) is 17.1 Å². The summed E-state index contributed by atoms with van der Waals surface area (Å²) in [5.74, 6) is -1.33. The van der Waals surface area contributed by atoms with Crippen molar-refractivity contribution < 1.29 is 32.3 Å². The maximum atomic E-state index is 12.6. The number of nitrogens with zero attached hydrogens (tertiary/aromatic N) is 1. The third-order valence-corrected chi connectivity index (χ3v) is 6.54. The average Bonchev–Trinajstić information content (AvgIpc) is 2.92. The van der Waals surface area contributed by atoms with Gasteiger partial charge in [-0.15, -0.1) is 0 Å². The molecular weight excluding hydrogens is 512 g/mol. The van der Waals surface area contributed by atoms with Crippen molar-refractivity contribution in [1.82, 2.24) is 20.3 Å². The summed E-state index contributed by atoms with van der Waals surface area (Å²) < 4.78 is 37.0. The molecule has 12 heteroatoms. The molecule has 0 saturated heterocycles. The zero-order valence-electron chi connectivity index (χ0n) is 20.7. The molecule has 0 saturated carbocycles. The number of carbonyl (C=O) groups is 3. The SMILES string of the molecule is COCCNC(=O)Oc1ccc(C(=O)NS(=O)(=O)c2ccc(C(=O)NCCCc3ccccc3)cc2)cn1. The number of sulfonamides is 1. The summed E-state index contributed by atoms with van der Waals surface area (Å²) in [7, 11) is -2.72. The number of nitrogens with one attached hydrogen (secondary N) is 3. The molecule has 200 valence electrons. The number of methoxy groups -OCH3 is 1. The van der Waals surface area contributed by atoms with E-state index in [1.54, 1.807) is 0 Å². The standard InChI is InChI=1S/C26H28N4O7S/c1-36-17-16-28-26(33)37-23-14-11-21(18-29-23)25(32)30-38(34,35)22-12-9-20(10-13-22)24(31)27-15-5-8-19-6-3-2-4-7-19/h2-4,6-7,9-14,18H,5,8,15-17H2,1H3,(H,27,31)(H,28,33)(H,30,32). The van der Waals surface area contributed by atoms with Crippen molar-refractivity contribution in [2.24, 2.45) is 0 Å². The maximum Gasteiger partial charge on any atom is 0.414 e. The smallest absolute Gasteiger partial charge is 0.391 e. The lowest BCUT2D eigenvalue weighted by Crippen LogP contribution is -2.31. The van der Waals surface area contributed by atoms with Gasteiger partial charge in [0.25, 0.3) is 21.8 Å². The molecule has 3 rings (SSSR count). The minimum absolute atomic E-state index is 0.0628. The largest absolute Gasteiger partial charge is 0.414 e. The normalized spacial score (nSPS) is 10.9. The molecule has 0 aliphatic rings. The first-order valence-corrected chi connectivity index (χ1v) is 13.2. The lowest BCUT2D eigenvalue weighted by molar-refractivity contribution is 0.0950. The molecule has 38 heavy (non-hydrogen) atoms. The molecule has 0 aliphatic heterocycles. The number of hydrogen-bond donors (Lipinski definition) is 3. The third kappa shape index (κ3) is 8.68. The average molecular weight is 541 g/mol. The van der Waals surface area contributed by atoms with Crippen molar-refractivity contribution >= 4 is 27.9 Å². The van der Waals surface area contributed by atoms with Crippen molar-refractivity contribution in [2.45, 2.75) is 17.7 Å². The van der Waals surface area contributed by atoms with E-state index in [9.17, 15) is 22.8 Å². The predicted octanol–water partition coefficient (Wildman–Crippen LogP) is 2.30. The highest BCUT2D eigenvalue weighted by Crippen LogP contribution is 2.13. The lowest BCUT2D eigenvalue weighted by atomic mass is 10.1. The Hall–Kier alpha value is -4.29. The molecule has 3 aromatic rings. The zero-order chi connectivity index (χ0) is 27.4. The summed E-state index contributed by atoms with van der Waals surface area (Å²) in [6.45, 7) is 1.02. The van der Waals surface area contributed by atoms with Gasteiger partial charge in [0.15, 0.2) is 0 Å². The van der Waals surface area contributed by atoms with E-state index < -0.39 is 22.0 Å². The van der Waals surface area contributed by atoms with Crippen LogP contribution in [0.5, 0.6) is 5.88 Å². The highest BCUT2D eigenvalue weighted by atomic mass is 32.2. The Bertz CT molecular complexity index is 1330. The van der Waals surface area contributed by atoms with Crippen molar-refractivity contribution in [3.05, 3.63) is 89.6 Å². The van der Waals surface area contributed by atoms with Crippen LogP contribution >= 0.6 is 0 Å². The van der Waals surface area contributed by atoms with Crippen molar-refractivity contribution in [3.8, 4) is 5.88 Å². The van der Waals surface area contributed by atoms with Crippen molar-refractivity contribution in [3.63, 3.8) is 0 Å². The Morgan fingerprint density at radius 3 is 2.21 bits per heavy atom. The number of aromatic nitrogens is 1. The van der Waals surface area contributed by atoms with Crippen LogP contribution in [0, 0.1) is 0 Å². The minimum Gasteiger partial charge on any atom is -0.391 e. The van der Waals surface area contributed by atoms with Gasteiger partial charge in [-0.05, 0) is 48.7 Å². The molecule has 0 radical (unpaired) electrons. The minimum atomic E-state index is -4.21. The first-order chi connectivity index (χ1) is 18.3. The summed E-state index contributed by atoms with van der Waals surface area (Å²) >= 11 is 0. The van der Waals surface area contributed by atoms with E-state index in [2.05, 4.69) is 15.6 Å². The number of aryl methyl sites for hydroxylation is 1. The molecule has 0 atom stereocenters. The van der Waals surface area contributed by atoms with E-state index in [0.29, 0.717) is 18.7 Å². The quantitative estimate of drug-likeness (QED) is 0.296. The van der Waals surface area contributed by atoms with E-state index in [1.807, 2.05) is 35.1 Å². The first kappa shape index (κ1) is 28.3. The molecule has 0 aliphatic carbocycles. The number of amides is 3. The highest BCUT2D eigenvalue weighted by molar-refractivity contribution is 7.90. The van der Waals surface area contributed by atoms with Crippen molar-refractivity contribution in [2.75, 3.05) is 26.8 Å². The summed E-state index contributed by atoms with van der Waals surface area (Å²) in [5.41, 5.74) is 1.41. The number of rotatable bonds is 12. The second kappa shape index (κ2) is 13.9. The Kier molecular flexibility index (Phi) is 10.3. The molecule has 2 aromatic carbocycles. The number of pyridine rings is 1. The van der Waals surface area contributed by atoms with Crippen LogP contribution in [-0.4, -0.2) is 58.1 Å². The fourth-order valence-corrected chi connectivity index (χ4v) is 4.20. The fourth-order valence-electron chi connectivity index (χ4n) is 3.23. The monoisotopic (exact) mass is 540 g/mol. The topological polar surface area (TPSA) is 153 Å². The molecule has 1 heterocycles. The summed E-state index contributed by atoms with van der Waals surface area (Å²) in [5, 5.41) is 5.24. The van der Waals surface area contributed by atoms with Gasteiger partial charge in [0, 0.05) is 38.0 Å². The Labute approximate surface area is 220 Å². The van der Waals surface area contributed by atoms with Crippen molar-refractivity contribution in [1.29, 1.82) is 0 Å². The maximum absolute atomic E-state index is 12.6. The van der Waals surface area contributed by atoms with Gasteiger partial charge >= 0.3 is 6.09 Å². The van der Waals surface area contributed by atoms with Gasteiger partial charge in [-0.25, -0.2) is 22.9 Å². The Morgan fingerprint density at radius 1 is 0.842 bits per heavy atom. The molecule has 0 unspecified atom stereocenters. The number of benzene rings is 2. The van der Waals surface area contributed by atoms with Crippen LogP contribution in [0.25, 0.3) is 0 Å². The van der Waals surface area contributed by atoms with Gasteiger partial charge in [-0.3, -0.25) is 9.59 Å². The summed E-state index contributed by atoms with van der Waals surface area (Å²) in [4.78, 5) is 40.1. The molecule has 1 aromatic heterocycles. The number of ether oxygens (including phenoxy) is 2. The third-order valence-electron chi connectivity index (χ3n) is 5.20. The lowest BCUT2D eigenvalue weighted by Gasteiger charge is -2.09. The highest BCUT2D eigenvalue weighted by Gasteiger charge is 2.20. The fraction of sp³-hybridized carbons (Fsp3) is 0.231. The zero-order valence-corrected chi connectivity index (χ0v) is 21.5. The van der Waals surface area contributed by atoms with Crippen LogP contribution in [0.1, 0.15) is 32.7 Å². The van der Waals surface area contributed by atoms with Gasteiger partial charge in [-0.1, -0.05) is 30.3 Å². The van der Waals surface area contributed by atoms with Crippen LogP contribution < -0.4 is 20.1 Å². The Balaban J connectivity index is 1.50. The van der Waals surface area contributed by atoms with Crippen LogP contribution in [0.2, 0.25) is 0 Å². The van der Waals surface area contributed by atoms with Crippen LogP contribution in [0.15, 0.2) is 77.8 Å². The molecule has 3 amide bonds. The van der Waals surface area contributed by atoms with Gasteiger partial charge in [0.1, 0.15) is 0 Å². The Morgan fingerprint density at radius 2 is 1.55 bits per heavy atom. The predicted molar refractivity (Wildman–Crippen MR) is 138 cm³/mol. The van der Waals surface area contributed by atoms with Gasteiger partial charge < -0.3 is 20.1 Å². The van der Waals surface area contributed by atoms with E-state index in [-0.39, 0.29) is 28.8 Å². The van der Waals surface area contributed by atoms with Crippen LogP contribution in [0.4, 0.5) is 4.79 Å². The van der Waals surface area contributed by atoms with E-state index in [4.69, 9.17) is 9.47 Å². The van der Waals surface area contributed by atoms with Crippen LogP contribution in [-0.2, 0) is 21.2 Å². The summed E-state index contributed by atoms with van der Waals surface area (Å²) in [6, 6.07) is 17.7. The molecule has 0 bridgehead atoms.